The fourth-order valence-electron chi connectivity index (χ4n) is 2.14. The van der Waals surface area contributed by atoms with Crippen LogP contribution in [0.2, 0.25) is 0 Å². The Morgan fingerprint density at radius 1 is 1.18 bits per heavy atom. The molecule has 1 aromatic carbocycles. The van der Waals surface area contributed by atoms with E-state index in [1.807, 2.05) is 18.2 Å². The van der Waals surface area contributed by atoms with Gasteiger partial charge in [0.2, 0.25) is 0 Å². The van der Waals surface area contributed by atoms with Crippen LogP contribution in [0.25, 0.3) is 0 Å². The number of hydrogen-bond acceptors (Lipinski definition) is 1. The summed E-state index contributed by atoms with van der Waals surface area (Å²) >= 11 is 0. The molecule has 0 amide bonds. The lowest BCUT2D eigenvalue weighted by molar-refractivity contribution is 0.330. The number of rotatable bonds is 2. The molecule has 0 bridgehead atoms. The maximum atomic E-state index is 3.37. The van der Waals surface area contributed by atoms with E-state index < -0.39 is 0 Å². The van der Waals surface area contributed by atoms with Crippen molar-refractivity contribution >= 4 is 0 Å². The molecule has 0 radical (unpaired) electrons. The van der Waals surface area contributed by atoms with Gasteiger partial charge in [0.1, 0.15) is 0 Å². The van der Waals surface area contributed by atoms with Crippen LogP contribution in [0.3, 0.4) is 0 Å². The van der Waals surface area contributed by atoms with Gasteiger partial charge < -0.3 is 0 Å². The van der Waals surface area contributed by atoms with Crippen molar-refractivity contribution in [3.8, 4) is 11.8 Å². The average Bonchev–Trinajstić information content (AvgIpc) is 2.89. The lowest BCUT2D eigenvalue weighted by atomic mass is 10.2. The Kier molecular flexibility index (Phi) is 4.41. The summed E-state index contributed by atoms with van der Waals surface area (Å²) in [6.07, 6.45) is 6.91. The second-order valence-corrected chi connectivity index (χ2v) is 4.35. The molecule has 2 rings (SSSR count). The summed E-state index contributed by atoms with van der Waals surface area (Å²) in [4.78, 5) is 2.45. The van der Waals surface area contributed by atoms with Crippen LogP contribution in [0.1, 0.15) is 25.3 Å². The van der Waals surface area contributed by atoms with Crippen LogP contribution in [0.4, 0.5) is 0 Å². The van der Waals surface area contributed by atoms with Crippen molar-refractivity contribution in [3.63, 3.8) is 0 Å². The lowest BCUT2D eigenvalue weighted by Crippen LogP contribution is -2.29. The molecule has 1 aromatic rings. The van der Waals surface area contributed by atoms with Crippen LogP contribution in [0.15, 0.2) is 42.5 Å². The molecule has 0 saturated carbocycles. The summed E-state index contributed by atoms with van der Waals surface area (Å²) < 4.78 is 0. The molecule has 0 spiro atoms. The summed E-state index contributed by atoms with van der Waals surface area (Å²) in [7, 11) is 0. The van der Waals surface area contributed by atoms with E-state index >= 15 is 0 Å². The number of likely N-dealkylation sites (tertiary alicyclic amines) is 1. The molecule has 0 aliphatic carbocycles. The molecule has 0 N–H and O–H groups in total. The van der Waals surface area contributed by atoms with Crippen molar-refractivity contribution in [2.45, 2.75) is 25.8 Å². The quantitative estimate of drug-likeness (QED) is 0.552. The molecule has 1 nitrogen and oxygen atoms in total. The van der Waals surface area contributed by atoms with Crippen LogP contribution in [-0.4, -0.2) is 24.0 Å². The fraction of sp³-hybridized carbons (Fsp3) is 0.375. The van der Waals surface area contributed by atoms with E-state index in [2.05, 4.69) is 47.9 Å². The van der Waals surface area contributed by atoms with Crippen molar-refractivity contribution in [2.75, 3.05) is 13.1 Å². The minimum atomic E-state index is 0.280. The first-order valence-corrected chi connectivity index (χ1v) is 6.33. The third-order valence-electron chi connectivity index (χ3n) is 3.05. The van der Waals surface area contributed by atoms with Gasteiger partial charge in [-0.2, -0.15) is 0 Å². The summed E-state index contributed by atoms with van der Waals surface area (Å²) in [5, 5.41) is 0. The molecule has 1 aliphatic heterocycles. The van der Waals surface area contributed by atoms with Crippen LogP contribution in [0.5, 0.6) is 0 Å². The highest BCUT2D eigenvalue weighted by Crippen LogP contribution is 2.12. The zero-order valence-corrected chi connectivity index (χ0v) is 10.4. The Morgan fingerprint density at radius 2 is 1.88 bits per heavy atom. The SMILES string of the molecule is C/C=C/C(C#Cc1ccccc1)N1CCCC1. The van der Waals surface area contributed by atoms with Crippen molar-refractivity contribution in [1.82, 2.24) is 4.90 Å². The van der Waals surface area contributed by atoms with Gasteiger partial charge in [-0.25, -0.2) is 0 Å². The minimum absolute atomic E-state index is 0.280. The van der Waals surface area contributed by atoms with E-state index in [0.717, 1.165) is 5.56 Å². The molecule has 1 unspecified atom stereocenters. The molecule has 17 heavy (non-hydrogen) atoms. The van der Waals surface area contributed by atoms with Crippen LogP contribution < -0.4 is 0 Å². The minimum Gasteiger partial charge on any atom is -0.287 e. The largest absolute Gasteiger partial charge is 0.287 e. The highest BCUT2D eigenvalue weighted by Gasteiger charge is 2.17. The van der Waals surface area contributed by atoms with Crippen molar-refractivity contribution in [1.29, 1.82) is 0 Å². The molecule has 1 atom stereocenters. The second kappa shape index (κ2) is 6.27. The number of benzene rings is 1. The van der Waals surface area contributed by atoms with Gasteiger partial charge in [-0.1, -0.05) is 42.2 Å². The van der Waals surface area contributed by atoms with Crippen LogP contribution in [-0.2, 0) is 0 Å². The first-order chi connectivity index (χ1) is 8.40. The molecular formula is C16H19N. The molecule has 0 aromatic heterocycles. The smallest absolute Gasteiger partial charge is 0.0904 e. The van der Waals surface area contributed by atoms with E-state index in [1.54, 1.807) is 0 Å². The van der Waals surface area contributed by atoms with Gasteiger partial charge in [-0.05, 0) is 45.0 Å². The molecule has 1 aliphatic rings. The van der Waals surface area contributed by atoms with E-state index in [-0.39, 0.29) is 6.04 Å². The Hall–Kier alpha value is -1.52. The summed E-state index contributed by atoms with van der Waals surface area (Å²) in [5.41, 5.74) is 1.10. The Labute approximate surface area is 104 Å². The van der Waals surface area contributed by atoms with E-state index in [9.17, 15) is 0 Å². The van der Waals surface area contributed by atoms with E-state index in [1.165, 1.54) is 25.9 Å². The maximum Gasteiger partial charge on any atom is 0.0904 e. The van der Waals surface area contributed by atoms with Crippen molar-refractivity contribution in [3.05, 3.63) is 48.0 Å². The van der Waals surface area contributed by atoms with Gasteiger partial charge >= 0.3 is 0 Å². The topological polar surface area (TPSA) is 3.24 Å². The van der Waals surface area contributed by atoms with Crippen LogP contribution in [0, 0.1) is 11.8 Å². The number of hydrogen-bond donors (Lipinski definition) is 0. The van der Waals surface area contributed by atoms with Gasteiger partial charge in [-0.3, -0.25) is 4.90 Å². The molecule has 1 fully saturated rings. The fourth-order valence-corrected chi connectivity index (χ4v) is 2.14. The van der Waals surface area contributed by atoms with E-state index in [4.69, 9.17) is 0 Å². The van der Waals surface area contributed by atoms with Crippen molar-refractivity contribution < 1.29 is 0 Å². The predicted octanol–water partition coefficient (Wildman–Crippen LogP) is 3.08. The maximum absolute atomic E-state index is 3.37. The average molecular weight is 225 g/mol. The first kappa shape index (κ1) is 12.0. The Bertz CT molecular complexity index is 416. The Morgan fingerprint density at radius 3 is 2.53 bits per heavy atom. The highest BCUT2D eigenvalue weighted by atomic mass is 15.2. The summed E-state index contributed by atoms with van der Waals surface area (Å²) in [6, 6.07) is 10.5. The third kappa shape index (κ3) is 3.47. The van der Waals surface area contributed by atoms with Gasteiger partial charge in [0, 0.05) is 5.56 Å². The van der Waals surface area contributed by atoms with Crippen LogP contribution >= 0.6 is 0 Å². The zero-order chi connectivity index (χ0) is 11.9. The molecule has 88 valence electrons. The summed E-state index contributed by atoms with van der Waals surface area (Å²) in [6.45, 7) is 4.42. The normalized spacial score (nSPS) is 17.9. The van der Waals surface area contributed by atoms with E-state index in [0.29, 0.717) is 0 Å². The molecule has 1 heterocycles. The summed E-state index contributed by atoms with van der Waals surface area (Å²) in [5.74, 6) is 6.63. The van der Waals surface area contributed by atoms with Gasteiger partial charge in [0.15, 0.2) is 0 Å². The highest BCUT2D eigenvalue weighted by molar-refractivity contribution is 5.36. The lowest BCUT2D eigenvalue weighted by Gasteiger charge is -2.19. The van der Waals surface area contributed by atoms with Gasteiger partial charge in [0.25, 0.3) is 0 Å². The Balaban J connectivity index is 2.10. The number of nitrogens with zero attached hydrogens (tertiary/aromatic N) is 1. The molecule has 1 heteroatoms. The van der Waals surface area contributed by atoms with Gasteiger partial charge in [-0.15, -0.1) is 0 Å². The van der Waals surface area contributed by atoms with Crippen molar-refractivity contribution in [2.24, 2.45) is 0 Å². The number of allylic oxidation sites excluding steroid dienone is 1. The second-order valence-electron chi connectivity index (χ2n) is 4.35. The first-order valence-electron chi connectivity index (χ1n) is 6.33. The molecule has 1 saturated heterocycles. The third-order valence-corrected chi connectivity index (χ3v) is 3.05. The standard InChI is InChI=1S/C16H19N/c1-2-8-16(17-13-6-7-14-17)12-11-15-9-4-3-5-10-15/h2-5,8-10,16H,6-7,13-14H2,1H3/b8-2+. The van der Waals surface area contributed by atoms with Gasteiger partial charge in [0.05, 0.1) is 6.04 Å². The zero-order valence-electron chi connectivity index (χ0n) is 10.4. The predicted molar refractivity (Wildman–Crippen MR) is 72.7 cm³/mol. The molecular weight excluding hydrogens is 206 g/mol. The monoisotopic (exact) mass is 225 g/mol.